The first-order valence-corrected chi connectivity index (χ1v) is 6.66. The molecular weight excluding hydrogens is 237 g/mol. The second-order valence-electron chi connectivity index (χ2n) is 5.21. The van der Waals surface area contributed by atoms with Crippen molar-refractivity contribution >= 4 is 17.3 Å². The number of anilines is 1. The van der Waals surface area contributed by atoms with Crippen LogP contribution in [0.2, 0.25) is 5.02 Å². The molecule has 0 radical (unpaired) electrons. The Bertz CT molecular complexity index is 374. The fraction of sp³-hybridized carbons (Fsp3) is 0.571. The molecule has 0 aliphatic heterocycles. The van der Waals surface area contributed by atoms with Gasteiger partial charge >= 0.3 is 0 Å². The van der Waals surface area contributed by atoms with E-state index < -0.39 is 0 Å². The van der Waals surface area contributed by atoms with Gasteiger partial charge in [-0.25, -0.2) is 4.39 Å². The average Bonchev–Trinajstić information content (AvgIpc) is 2.28. The molecule has 17 heavy (non-hydrogen) atoms. The van der Waals surface area contributed by atoms with Crippen molar-refractivity contribution in [3.8, 4) is 0 Å². The summed E-state index contributed by atoms with van der Waals surface area (Å²) in [6.45, 7) is 4.55. The van der Waals surface area contributed by atoms with Crippen molar-refractivity contribution in [1.29, 1.82) is 0 Å². The summed E-state index contributed by atoms with van der Waals surface area (Å²) in [5.74, 6) is 1.19. The second kappa shape index (κ2) is 5.26. The van der Waals surface area contributed by atoms with Crippen LogP contribution in [0.1, 0.15) is 33.1 Å². The highest BCUT2D eigenvalue weighted by Gasteiger charge is 2.25. The maximum Gasteiger partial charge on any atom is 0.147 e. The van der Waals surface area contributed by atoms with Gasteiger partial charge in [-0.1, -0.05) is 31.5 Å². The largest absolute Gasteiger partial charge is 0.379 e. The monoisotopic (exact) mass is 255 g/mol. The molecule has 3 heteroatoms. The van der Waals surface area contributed by atoms with E-state index in [9.17, 15) is 4.39 Å². The van der Waals surface area contributed by atoms with E-state index >= 15 is 0 Å². The molecule has 1 aromatic rings. The van der Waals surface area contributed by atoms with Crippen molar-refractivity contribution in [2.75, 3.05) is 5.32 Å². The lowest BCUT2D eigenvalue weighted by Crippen LogP contribution is -2.30. The Morgan fingerprint density at radius 2 is 2.00 bits per heavy atom. The van der Waals surface area contributed by atoms with Crippen LogP contribution in [0.25, 0.3) is 0 Å². The molecule has 1 aliphatic rings. The smallest absolute Gasteiger partial charge is 0.147 e. The van der Waals surface area contributed by atoms with Gasteiger partial charge in [-0.3, -0.25) is 0 Å². The Hall–Kier alpha value is -0.760. The fourth-order valence-electron chi connectivity index (χ4n) is 2.52. The van der Waals surface area contributed by atoms with Gasteiger partial charge < -0.3 is 5.32 Å². The molecule has 2 rings (SSSR count). The Kier molecular flexibility index (Phi) is 3.93. The lowest BCUT2D eigenvalue weighted by atomic mass is 9.79. The summed E-state index contributed by atoms with van der Waals surface area (Å²) in [6.07, 6.45) is 3.38. The Morgan fingerprint density at radius 1 is 1.24 bits per heavy atom. The lowest BCUT2D eigenvalue weighted by Gasteiger charge is -2.33. The minimum atomic E-state index is -0.260. The van der Waals surface area contributed by atoms with Gasteiger partial charge in [-0.15, -0.1) is 0 Å². The van der Waals surface area contributed by atoms with E-state index in [1.54, 1.807) is 12.1 Å². The number of nitrogens with one attached hydrogen (secondary N) is 1. The minimum absolute atomic E-state index is 0.260. The molecule has 1 saturated carbocycles. The highest BCUT2D eigenvalue weighted by Crippen LogP contribution is 2.33. The van der Waals surface area contributed by atoms with E-state index in [4.69, 9.17) is 11.6 Å². The summed E-state index contributed by atoms with van der Waals surface area (Å²) in [4.78, 5) is 0. The van der Waals surface area contributed by atoms with Crippen molar-refractivity contribution in [3.63, 3.8) is 0 Å². The van der Waals surface area contributed by atoms with Crippen LogP contribution >= 0.6 is 11.6 Å². The summed E-state index contributed by atoms with van der Waals surface area (Å²) < 4.78 is 13.6. The predicted molar refractivity (Wildman–Crippen MR) is 71.0 cm³/mol. The minimum Gasteiger partial charge on any atom is -0.379 e. The van der Waals surface area contributed by atoms with Gasteiger partial charge in [0.2, 0.25) is 0 Å². The highest BCUT2D eigenvalue weighted by atomic mass is 35.5. The summed E-state index contributed by atoms with van der Waals surface area (Å²) in [5, 5.41) is 3.73. The van der Waals surface area contributed by atoms with Crippen LogP contribution in [0.5, 0.6) is 0 Å². The molecule has 0 saturated heterocycles. The molecule has 94 valence electrons. The zero-order valence-electron chi connectivity index (χ0n) is 10.3. The van der Waals surface area contributed by atoms with Crippen molar-refractivity contribution < 1.29 is 4.39 Å². The summed E-state index contributed by atoms with van der Waals surface area (Å²) >= 11 is 6.01. The van der Waals surface area contributed by atoms with Crippen molar-refractivity contribution in [2.45, 2.75) is 39.2 Å². The second-order valence-corrected chi connectivity index (χ2v) is 5.61. The Labute approximate surface area is 107 Å². The molecule has 0 heterocycles. The van der Waals surface area contributed by atoms with E-state index in [1.807, 2.05) is 0 Å². The third kappa shape index (κ3) is 2.92. The molecule has 3 unspecified atom stereocenters. The van der Waals surface area contributed by atoms with Crippen LogP contribution in [0.4, 0.5) is 10.1 Å². The lowest BCUT2D eigenvalue weighted by molar-refractivity contribution is 0.260. The maximum absolute atomic E-state index is 13.6. The van der Waals surface area contributed by atoms with Crippen molar-refractivity contribution in [3.05, 3.63) is 29.0 Å². The Balaban J connectivity index is 2.06. The van der Waals surface area contributed by atoms with Crippen LogP contribution in [-0.2, 0) is 0 Å². The van der Waals surface area contributed by atoms with Gasteiger partial charge in [0.25, 0.3) is 0 Å². The number of rotatable bonds is 2. The summed E-state index contributed by atoms with van der Waals surface area (Å²) in [5.41, 5.74) is 0.459. The fourth-order valence-corrected chi connectivity index (χ4v) is 2.74. The van der Waals surface area contributed by atoms with Crippen LogP contribution in [0.3, 0.4) is 0 Å². The van der Waals surface area contributed by atoms with Gasteiger partial charge in [-0.05, 0) is 43.2 Å². The predicted octanol–water partition coefficient (Wildman–Crippen LogP) is 4.72. The summed E-state index contributed by atoms with van der Waals surface area (Å²) in [6, 6.07) is 5.15. The van der Waals surface area contributed by atoms with Gasteiger partial charge in [0.1, 0.15) is 5.82 Å². The molecule has 0 aromatic heterocycles. The summed E-state index contributed by atoms with van der Waals surface area (Å²) in [7, 11) is 0. The number of hydrogen-bond acceptors (Lipinski definition) is 1. The Morgan fingerprint density at radius 3 is 2.65 bits per heavy atom. The number of benzene rings is 1. The highest BCUT2D eigenvalue weighted by molar-refractivity contribution is 6.33. The zero-order valence-corrected chi connectivity index (χ0v) is 11.1. The van der Waals surface area contributed by atoms with Crippen LogP contribution in [0.15, 0.2) is 18.2 Å². The van der Waals surface area contributed by atoms with Crippen LogP contribution in [-0.4, -0.2) is 6.04 Å². The molecule has 3 atom stereocenters. The third-order valence-corrected chi connectivity index (χ3v) is 4.22. The maximum atomic E-state index is 13.6. The third-order valence-electron chi connectivity index (χ3n) is 3.91. The first-order valence-electron chi connectivity index (χ1n) is 6.28. The normalized spacial score (nSPS) is 29.1. The van der Waals surface area contributed by atoms with Gasteiger partial charge in [0, 0.05) is 6.04 Å². The first-order chi connectivity index (χ1) is 8.08. The number of halogens is 2. The van der Waals surface area contributed by atoms with Gasteiger partial charge in [-0.2, -0.15) is 0 Å². The SMILES string of the molecule is CC1CCC(Nc2c(F)cccc2Cl)CC1C. The molecule has 1 N–H and O–H groups in total. The van der Waals surface area contributed by atoms with E-state index in [0.717, 1.165) is 18.8 Å². The quantitative estimate of drug-likeness (QED) is 0.807. The van der Waals surface area contributed by atoms with E-state index in [0.29, 0.717) is 22.7 Å². The van der Waals surface area contributed by atoms with E-state index in [-0.39, 0.29) is 5.82 Å². The molecular formula is C14H19ClFN. The number of hydrogen-bond donors (Lipinski definition) is 1. The number of para-hydroxylation sites is 1. The zero-order chi connectivity index (χ0) is 12.4. The molecule has 1 aromatic carbocycles. The van der Waals surface area contributed by atoms with Crippen molar-refractivity contribution in [2.24, 2.45) is 11.8 Å². The molecule has 0 bridgehead atoms. The van der Waals surface area contributed by atoms with Crippen LogP contribution < -0.4 is 5.32 Å². The van der Waals surface area contributed by atoms with Crippen molar-refractivity contribution in [1.82, 2.24) is 0 Å². The van der Waals surface area contributed by atoms with Gasteiger partial charge in [0.15, 0.2) is 0 Å². The molecule has 1 nitrogen and oxygen atoms in total. The standard InChI is InChI=1S/C14H19ClFN/c1-9-6-7-11(8-10(9)2)17-14-12(15)4-3-5-13(14)16/h3-5,9-11,17H,6-8H2,1-2H3. The average molecular weight is 256 g/mol. The molecule has 1 aliphatic carbocycles. The molecule has 0 amide bonds. The molecule has 1 fully saturated rings. The first kappa shape index (κ1) is 12.7. The van der Waals surface area contributed by atoms with E-state index in [2.05, 4.69) is 19.2 Å². The van der Waals surface area contributed by atoms with E-state index in [1.165, 1.54) is 12.5 Å². The topological polar surface area (TPSA) is 12.0 Å². The molecule has 0 spiro atoms. The van der Waals surface area contributed by atoms with Crippen LogP contribution in [0, 0.1) is 17.7 Å². The van der Waals surface area contributed by atoms with Gasteiger partial charge in [0.05, 0.1) is 10.7 Å².